The zero-order chi connectivity index (χ0) is 22.2. The van der Waals surface area contributed by atoms with E-state index in [9.17, 15) is 9.90 Å². The molecule has 0 aromatic heterocycles. The van der Waals surface area contributed by atoms with Crippen molar-refractivity contribution in [2.24, 2.45) is 4.99 Å². The molecule has 3 aromatic rings. The Morgan fingerprint density at radius 3 is 2.56 bits per heavy atom. The highest BCUT2D eigenvalue weighted by atomic mass is 32.2. The molecule has 2 aliphatic rings. The number of aryl methyl sites for hydroxylation is 1. The Labute approximate surface area is 195 Å². The van der Waals surface area contributed by atoms with E-state index in [0.29, 0.717) is 15.8 Å². The third kappa shape index (κ3) is 3.67. The van der Waals surface area contributed by atoms with Gasteiger partial charge in [0.2, 0.25) is 0 Å². The number of hydrogen-bond donors (Lipinski definition) is 1. The van der Waals surface area contributed by atoms with Crippen LogP contribution in [0.4, 0.5) is 17.1 Å². The number of aliphatic imine (C=N–C) groups is 1. The first-order valence-electron chi connectivity index (χ1n) is 10.3. The Kier molecular flexibility index (Phi) is 5.45. The van der Waals surface area contributed by atoms with Crippen LogP contribution in [0, 0.1) is 6.92 Å². The largest absolute Gasteiger partial charge is 0.508 e. The van der Waals surface area contributed by atoms with Crippen molar-refractivity contribution in [3.63, 3.8) is 0 Å². The number of para-hydroxylation sites is 1. The molecule has 0 spiro atoms. The van der Waals surface area contributed by atoms with E-state index in [1.54, 1.807) is 34.9 Å². The molecule has 0 unspecified atom stereocenters. The Bertz CT molecular complexity index is 1290. The average Bonchev–Trinajstić information content (AvgIpc) is 3.30. The highest BCUT2D eigenvalue weighted by Gasteiger charge is 2.40. The summed E-state index contributed by atoms with van der Waals surface area (Å²) in [5.41, 5.74) is 3.56. The Balaban J connectivity index is 1.64. The van der Waals surface area contributed by atoms with Gasteiger partial charge >= 0.3 is 0 Å². The number of carbonyl (C=O) groups is 1. The van der Waals surface area contributed by atoms with Gasteiger partial charge in [-0.15, -0.1) is 0 Å². The smallest absolute Gasteiger partial charge is 0.274 e. The Morgan fingerprint density at radius 1 is 0.969 bits per heavy atom. The van der Waals surface area contributed by atoms with Gasteiger partial charge in [0.1, 0.15) is 15.7 Å². The number of rotatable bonds is 3. The van der Waals surface area contributed by atoms with Gasteiger partial charge in [-0.1, -0.05) is 42.1 Å². The number of amides is 1. The van der Waals surface area contributed by atoms with Crippen LogP contribution in [0.3, 0.4) is 0 Å². The molecule has 0 radical (unpaired) electrons. The molecular weight excluding hydrogens is 438 g/mol. The lowest BCUT2D eigenvalue weighted by Gasteiger charge is -2.19. The first-order chi connectivity index (χ1) is 15.5. The standard InChI is InChI=1S/C25H21N3O2S2/c1-3-27-20-12-4-5-13-21(20)31-24(27)22-23(30)28(18-10-6-8-16(2)14-18)25(32-22)26-17-9-7-11-19(29)15-17/h4-15,29H,3H2,1-2H3/b24-22-,26-25?. The number of hydrogen-bond acceptors (Lipinski definition) is 6. The van der Waals surface area contributed by atoms with Gasteiger partial charge < -0.3 is 10.0 Å². The molecular formula is C25H21N3O2S2. The lowest BCUT2D eigenvalue weighted by molar-refractivity contribution is -0.113. The second-order valence-corrected chi connectivity index (χ2v) is 9.45. The van der Waals surface area contributed by atoms with Crippen molar-refractivity contribution < 1.29 is 9.90 Å². The van der Waals surface area contributed by atoms with Crippen molar-refractivity contribution in [1.29, 1.82) is 0 Å². The van der Waals surface area contributed by atoms with Crippen LogP contribution in [-0.4, -0.2) is 22.7 Å². The molecule has 3 aromatic carbocycles. The number of nitrogens with zero attached hydrogens (tertiary/aromatic N) is 3. The molecule has 1 fully saturated rings. The van der Waals surface area contributed by atoms with Crippen molar-refractivity contribution in [3.8, 4) is 5.75 Å². The summed E-state index contributed by atoms with van der Waals surface area (Å²) >= 11 is 3.00. The topological polar surface area (TPSA) is 56.1 Å². The highest BCUT2D eigenvalue weighted by Crippen LogP contribution is 2.51. The molecule has 5 nitrogen and oxygen atoms in total. The van der Waals surface area contributed by atoms with E-state index in [0.717, 1.165) is 33.4 Å². The molecule has 32 heavy (non-hydrogen) atoms. The summed E-state index contributed by atoms with van der Waals surface area (Å²) in [6, 6.07) is 22.8. The quantitative estimate of drug-likeness (QED) is 0.468. The van der Waals surface area contributed by atoms with Crippen LogP contribution in [0.15, 0.2) is 92.6 Å². The van der Waals surface area contributed by atoms with Crippen LogP contribution < -0.4 is 9.80 Å². The van der Waals surface area contributed by atoms with E-state index < -0.39 is 0 Å². The molecule has 0 atom stereocenters. The van der Waals surface area contributed by atoms with Crippen LogP contribution in [0.1, 0.15) is 12.5 Å². The lowest BCUT2D eigenvalue weighted by atomic mass is 10.2. The van der Waals surface area contributed by atoms with Crippen molar-refractivity contribution in [3.05, 3.63) is 88.3 Å². The summed E-state index contributed by atoms with van der Waals surface area (Å²) < 4.78 is 0. The zero-order valence-electron chi connectivity index (χ0n) is 17.6. The minimum atomic E-state index is -0.0896. The number of aromatic hydroxyl groups is 1. The van der Waals surface area contributed by atoms with E-state index in [2.05, 4.69) is 24.0 Å². The normalized spacial score (nSPS) is 19.2. The maximum atomic E-state index is 13.8. The number of amidine groups is 1. The summed E-state index contributed by atoms with van der Waals surface area (Å²) in [6.45, 7) is 4.86. The molecule has 2 heterocycles. The average molecular weight is 460 g/mol. The third-order valence-electron chi connectivity index (χ3n) is 5.21. The number of anilines is 2. The minimum Gasteiger partial charge on any atom is -0.508 e. The van der Waals surface area contributed by atoms with Gasteiger partial charge in [0.05, 0.1) is 17.1 Å². The second-order valence-electron chi connectivity index (χ2n) is 7.44. The first kappa shape index (κ1) is 20.7. The Morgan fingerprint density at radius 2 is 1.78 bits per heavy atom. The molecule has 1 amide bonds. The Hall–Kier alpha value is -3.16. The molecule has 1 saturated heterocycles. The highest BCUT2D eigenvalue weighted by molar-refractivity contribution is 8.20. The number of fused-ring (bicyclic) bond motifs is 1. The van der Waals surface area contributed by atoms with Crippen molar-refractivity contribution in [2.45, 2.75) is 18.7 Å². The fraction of sp³-hybridized carbons (Fsp3) is 0.120. The van der Waals surface area contributed by atoms with E-state index in [-0.39, 0.29) is 11.7 Å². The van der Waals surface area contributed by atoms with Gasteiger partial charge in [-0.25, -0.2) is 4.99 Å². The minimum absolute atomic E-state index is 0.0896. The molecule has 0 aliphatic carbocycles. The monoisotopic (exact) mass is 459 g/mol. The summed E-state index contributed by atoms with van der Waals surface area (Å²) in [4.78, 5) is 24.2. The van der Waals surface area contributed by atoms with E-state index in [1.807, 2.05) is 49.4 Å². The second kappa shape index (κ2) is 8.41. The maximum absolute atomic E-state index is 13.8. The first-order valence-corrected chi connectivity index (χ1v) is 11.9. The van der Waals surface area contributed by atoms with Crippen molar-refractivity contribution >= 4 is 51.7 Å². The SMILES string of the molecule is CCN1/C(=C2/SC(=Nc3cccc(O)c3)N(c3cccc(C)c3)C2=O)Sc2ccccc21. The lowest BCUT2D eigenvalue weighted by Crippen LogP contribution is -2.29. The summed E-state index contributed by atoms with van der Waals surface area (Å²) in [6.07, 6.45) is 0. The van der Waals surface area contributed by atoms with Crippen molar-refractivity contribution in [1.82, 2.24) is 0 Å². The van der Waals surface area contributed by atoms with Crippen LogP contribution in [0.5, 0.6) is 5.75 Å². The van der Waals surface area contributed by atoms with Gasteiger partial charge in [0, 0.05) is 17.5 Å². The van der Waals surface area contributed by atoms with Gasteiger partial charge in [-0.05, 0) is 67.6 Å². The van der Waals surface area contributed by atoms with E-state index >= 15 is 0 Å². The molecule has 0 saturated carbocycles. The van der Waals surface area contributed by atoms with Gasteiger partial charge in [0.15, 0.2) is 5.17 Å². The van der Waals surface area contributed by atoms with Crippen LogP contribution in [0.25, 0.3) is 0 Å². The van der Waals surface area contributed by atoms with Gasteiger partial charge in [-0.3, -0.25) is 9.69 Å². The van der Waals surface area contributed by atoms with E-state index in [4.69, 9.17) is 4.99 Å². The van der Waals surface area contributed by atoms with Gasteiger partial charge in [-0.2, -0.15) is 0 Å². The number of phenolic OH excluding ortho intramolecular Hbond substituents is 1. The van der Waals surface area contributed by atoms with Crippen LogP contribution >= 0.6 is 23.5 Å². The number of benzene rings is 3. The van der Waals surface area contributed by atoms with Crippen LogP contribution in [0.2, 0.25) is 0 Å². The molecule has 1 N–H and O–H groups in total. The summed E-state index contributed by atoms with van der Waals surface area (Å²) in [5, 5.41) is 11.4. The fourth-order valence-corrected chi connectivity index (χ4v) is 6.16. The molecule has 160 valence electrons. The predicted molar refractivity (Wildman–Crippen MR) is 134 cm³/mol. The predicted octanol–water partition coefficient (Wildman–Crippen LogP) is 6.27. The van der Waals surface area contributed by atoms with Crippen molar-refractivity contribution in [2.75, 3.05) is 16.3 Å². The van der Waals surface area contributed by atoms with Gasteiger partial charge in [0.25, 0.3) is 5.91 Å². The molecule has 7 heteroatoms. The summed E-state index contributed by atoms with van der Waals surface area (Å²) in [5.74, 6) is 0.0501. The van der Waals surface area contributed by atoms with E-state index in [1.165, 1.54) is 11.8 Å². The maximum Gasteiger partial charge on any atom is 0.274 e. The third-order valence-corrected chi connectivity index (χ3v) is 7.56. The fourth-order valence-electron chi connectivity index (χ4n) is 3.76. The number of phenols is 1. The summed E-state index contributed by atoms with van der Waals surface area (Å²) in [7, 11) is 0. The molecule has 5 rings (SSSR count). The number of carbonyl (C=O) groups excluding carboxylic acids is 1. The molecule has 0 bridgehead atoms. The number of thioether (sulfide) groups is 2. The zero-order valence-corrected chi connectivity index (χ0v) is 19.3. The molecule has 2 aliphatic heterocycles. The van der Waals surface area contributed by atoms with Crippen LogP contribution in [-0.2, 0) is 4.79 Å².